The molecular formula is C13H20BrN5. The number of hydrogen-bond acceptors (Lipinski definition) is 5. The third kappa shape index (κ3) is 2.43. The van der Waals surface area contributed by atoms with E-state index in [4.69, 9.17) is 0 Å². The Hall–Kier alpha value is -0.880. The van der Waals surface area contributed by atoms with Gasteiger partial charge in [-0.2, -0.15) is 4.98 Å². The van der Waals surface area contributed by atoms with Crippen LogP contribution in [0.25, 0.3) is 0 Å². The van der Waals surface area contributed by atoms with Gasteiger partial charge in [0, 0.05) is 38.4 Å². The first-order valence-corrected chi connectivity index (χ1v) is 7.65. The molecule has 6 heteroatoms. The number of fused-ring (bicyclic) bond motifs is 2. The van der Waals surface area contributed by atoms with Crippen LogP contribution in [0.5, 0.6) is 0 Å². The summed E-state index contributed by atoms with van der Waals surface area (Å²) in [4.78, 5) is 13.8. The summed E-state index contributed by atoms with van der Waals surface area (Å²) in [6, 6.07) is 1.41. The molecule has 0 amide bonds. The minimum Gasteiger partial charge on any atom is -0.357 e. The van der Waals surface area contributed by atoms with Gasteiger partial charge in [0.1, 0.15) is 5.82 Å². The Morgan fingerprint density at radius 2 is 2.11 bits per heavy atom. The summed E-state index contributed by atoms with van der Waals surface area (Å²) >= 11 is 3.58. The molecule has 19 heavy (non-hydrogen) atoms. The van der Waals surface area contributed by atoms with Gasteiger partial charge in [-0.1, -0.05) is 0 Å². The molecule has 0 spiro atoms. The molecule has 2 fully saturated rings. The number of hydrogen-bond donors (Lipinski definition) is 1. The van der Waals surface area contributed by atoms with Crippen LogP contribution in [0.15, 0.2) is 10.7 Å². The van der Waals surface area contributed by atoms with E-state index in [0.717, 1.165) is 29.4 Å². The van der Waals surface area contributed by atoms with Crippen molar-refractivity contribution in [2.24, 2.45) is 0 Å². The van der Waals surface area contributed by atoms with Crippen LogP contribution < -0.4 is 10.2 Å². The second kappa shape index (κ2) is 5.25. The molecule has 104 valence electrons. The molecule has 2 atom stereocenters. The van der Waals surface area contributed by atoms with Gasteiger partial charge >= 0.3 is 0 Å². The standard InChI is InChI=1S/C13H20BrN5/c1-15-13-16-7-11(14)12(17-13)19-6-5-9-3-4-10(8-19)18(9)2/h7,9-10H,3-6,8H2,1-2H3,(H,15,16,17). The summed E-state index contributed by atoms with van der Waals surface area (Å²) in [6.07, 6.45) is 5.71. The Morgan fingerprint density at radius 1 is 1.32 bits per heavy atom. The molecule has 1 N–H and O–H groups in total. The van der Waals surface area contributed by atoms with Gasteiger partial charge < -0.3 is 10.2 Å². The van der Waals surface area contributed by atoms with Gasteiger partial charge in [0.15, 0.2) is 0 Å². The van der Waals surface area contributed by atoms with E-state index in [1.807, 2.05) is 13.2 Å². The van der Waals surface area contributed by atoms with Crippen LogP contribution in [-0.4, -0.2) is 54.1 Å². The highest BCUT2D eigenvalue weighted by Gasteiger charge is 2.35. The van der Waals surface area contributed by atoms with Crippen molar-refractivity contribution in [3.05, 3.63) is 10.7 Å². The zero-order valence-electron chi connectivity index (χ0n) is 11.4. The number of nitrogens with zero attached hydrogens (tertiary/aromatic N) is 4. The largest absolute Gasteiger partial charge is 0.357 e. The van der Waals surface area contributed by atoms with Gasteiger partial charge in [0.05, 0.1) is 4.47 Å². The second-order valence-electron chi connectivity index (χ2n) is 5.40. The summed E-state index contributed by atoms with van der Waals surface area (Å²) in [6.45, 7) is 2.13. The molecular weight excluding hydrogens is 306 g/mol. The van der Waals surface area contributed by atoms with Crippen LogP contribution in [0.4, 0.5) is 11.8 Å². The van der Waals surface area contributed by atoms with E-state index in [2.05, 4.69) is 48.1 Å². The monoisotopic (exact) mass is 325 g/mol. The maximum absolute atomic E-state index is 4.60. The predicted octanol–water partition coefficient (Wildman–Crippen LogP) is 1.95. The molecule has 3 rings (SSSR count). The normalized spacial score (nSPS) is 27.4. The second-order valence-corrected chi connectivity index (χ2v) is 6.25. The van der Waals surface area contributed by atoms with Crippen LogP contribution >= 0.6 is 15.9 Å². The molecule has 0 aliphatic carbocycles. The molecule has 0 radical (unpaired) electrons. The van der Waals surface area contributed by atoms with Gasteiger partial charge in [-0.3, -0.25) is 4.90 Å². The summed E-state index contributed by atoms with van der Waals surface area (Å²) in [7, 11) is 4.12. The molecule has 1 aromatic rings. The molecule has 5 nitrogen and oxygen atoms in total. The smallest absolute Gasteiger partial charge is 0.224 e. The average Bonchev–Trinajstić information content (AvgIpc) is 2.65. The quantitative estimate of drug-likeness (QED) is 0.900. The Morgan fingerprint density at radius 3 is 2.89 bits per heavy atom. The Bertz CT molecular complexity index is 466. The Labute approximate surface area is 122 Å². The Balaban J connectivity index is 1.86. The average molecular weight is 326 g/mol. The van der Waals surface area contributed by atoms with Crippen molar-refractivity contribution >= 4 is 27.7 Å². The lowest BCUT2D eigenvalue weighted by molar-refractivity contribution is 0.254. The van der Waals surface area contributed by atoms with Crippen molar-refractivity contribution in [2.75, 3.05) is 37.4 Å². The molecule has 2 bridgehead atoms. The van der Waals surface area contributed by atoms with Gasteiger partial charge in [0.25, 0.3) is 0 Å². The highest BCUT2D eigenvalue weighted by molar-refractivity contribution is 9.10. The molecule has 2 unspecified atom stereocenters. The summed E-state index contributed by atoms with van der Waals surface area (Å²) in [5, 5.41) is 3.01. The van der Waals surface area contributed by atoms with Crippen LogP contribution in [0, 0.1) is 0 Å². The summed E-state index contributed by atoms with van der Waals surface area (Å²) in [5.74, 6) is 1.70. The third-order valence-electron chi connectivity index (χ3n) is 4.40. The highest BCUT2D eigenvalue weighted by atomic mass is 79.9. The fourth-order valence-electron chi connectivity index (χ4n) is 3.20. The highest BCUT2D eigenvalue weighted by Crippen LogP contribution is 2.32. The number of nitrogens with one attached hydrogen (secondary N) is 1. The lowest BCUT2D eigenvalue weighted by atomic mass is 10.1. The molecule has 0 aromatic carbocycles. The van der Waals surface area contributed by atoms with Gasteiger partial charge in [-0.25, -0.2) is 4.98 Å². The SMILES string of the molecule is CNc1ncc(Br)c(N2CCC3CCC(C2)N3C)n1. The lowest BCUT2D eigenvalue weighted by Crippen LogP contribution is -2.37. The molecule has 2 aliphatic rings. The summed E-state index contributed by atoms with van der Waals surface area (Å²) < 4.78 is 0.979. The number of anilines is 2. The predicted molar refractivity (Wildman–Crippen MR) is 80.7 cm³/mol. The van der Waals surface area contributed by atoms with Gasteiger partial charge in [-0.05, 0) is 42.2 Å². The number of aromatic nitrogens is 2. The van der Waals surface area contributed by atoms with Crippen molar-refractivity contribution in [3.63, 3.8) is 0 Å². The van der Waals surface area contributed by atoms with E-state index >= 15 is 0 Å². The van der Waals surface area contributed by atoms with E-state index in [9.17, 15) is 0 Å². The van der Waals surface area contributed by atoms with Crippen molar-refractivity contribution in [3.8, 4) is 0 Å². The number of likely N-dealkylation sites (N-methyl/N-ethyl adjacent to an activating group) is 1. The molecule has 1 aromatic heterocycles. The van der Waals surface area contributed by atoms with E-state index in [1.165, 1.54) is 19.3 Å². The van der Waals surface area contributed by atoms with Gasteiger partial charge in [0.2, 0.25) is 5.95 Å². The third-order valence-corrected chi connectivity index (χ3v) is 4.96. The zero-order chi connectivity index (χ0) is 13.4. The van der Waals surface area contributed by atoms with Gasteiger partial charge in [-0.15, -0.1) is 0 Å². The maximum Gasteiger partial charge on any atom is 0.224 e. The van der Waals surface area contributed by atoms with Crippen molar-refractivity contribution < 1.29 is 0 Å². The van der Waals surface area contributed by atoms with Crippen molar-refractivity contribution in [2.45, 2.75) is 31.3 Å². The number of halogens is 1. The molecule has 3 heterocycles. The van der Waals surface area contributed by atoms with Crippen molar-refractivity contribution in [1.82, 2.24) is 14.9 Å². The lowest BCUT2D eigenvalue weighted by Gasteiger charge is -2.27. The fraction of sp³-hybridized carbons (Fsp3) is 0.692. The van der Waals surface area contributed by atoms with E-state index in [0.29, 0.717) is 12.0 Å². The van der Waals surface area contributed by atoms with Crippen LogP contribution in [0.2, 0.25) is 0 Å². The molecule has 2 aliphatic heterocycles. The number of rotatable bonds is 2. The Kier molecular flexibility index (Phi) is 3.62. The van der Waals surface area contributed by atoms with E-state index in [1.54, 1.807) is 0 Å². The minimum atomic E-state index is 0.660. The topological polar surface area (TPSA) is 44.3 Å². The van der Waals surface area contributed by atoms with Crippen LogP contribution in [-0.2, 0) is 0 Å². The molecule has 2 saturated heterocycles. The molecule has 0 saturated carbocycles. The summed E-state index contributed by atoms with van der Waals surface area (Å²) in [5.41, 5.74) is 0. The first kappa shape index (κ1) is 13.1. The minimum absolute atomic E-state index is 0.660. The zero-order valence-corrected chi connectivity index (χ0v) is 13.0. The van der Waals surface area contributed by atoms with E-state index in [-0.39, 0.29) is 0 Å². The van der Waals surface area contributed by atoms with E-state index < -0.39 is 0 Å². The fourth-order valence-corrected chi connectivity index (χ4v) is 3.64. The van der Waals surface area contributed by atoms with Crippen LogP contribution in [0.1, 0.15) is 19.3 Å². The first-order valence-electron chi connectivity index (χ1n) is 6.86. The van der Waals surface area contributed by atoms with Crippen LogP contribution in [0.3, 0.4) is 0 Å². The van der Waals surface area contributed by atoms with Crippen molar-refractivity contribution in [1.29, 1.82) is 0 Å². The first-order chi connectivity index (χ1) is 9.19. The maximum atomic E-state index is 4.60.